The molecule has 1 heterocycles. The van der Waals surface area contributed by atoms with Crippen LogP contribution in [0.15, 0.2) is 81.9 Å². The van der Waals surface area contributed by atoms with E-state index in [0.29, 0.717) is 29.7 Å². The second-order valence-corrected chi connectivity index (χ2v) is 11.8. The molecule has 6 rings (SSSR count). The third kappa shape index (κ3) is 4.71. The number of ether oxygens (including phenoxy) is 1. The molecule has 0 unspecified atom stereocenters. The maximum atomic E-state index is 13.8. The summed E-state index contributed by atoms with van der Waals surface area (Å²) in [6.07, 6.45) is 7.97. The fourth-order valence-corrected chi connectivity index (χ4v) is 7.13. The van der Waals surface area contributed by atoms with Gasteiger partial charge in [0.2, 0.25) is 11.8 Å². The maximum Gasteiger partial charge on any atom is 0.233 e. The number of hydrogen-bond acceptors (Lipinski definition) is 7. The molecule has 214 valence electrons. The van der Waals surface area contributed by atoms with Gasteiger partial charge in [-0.1, -0.05) is 42.0 Å². The molecule has 0 spiro atoms. The average Bonchev–Trinajstić information content (AvgIpc) is 3.23. The molecule has 1 saturated heterocycles. The first-order valence-corrected chi connectivity index (χ1v) is 14.5. The number of phenolic OH excluding ortho intramolecular Hbond substituents is 2. The van der Waals surface area contributed by atoms with Crippen molar-refractivity contribution in [1.29, 1.82) is 0 Å². The maximum absolute atomic E-state index is 13.8. The van der Waals surface area contributed by atoms with E-state index < -0.39 is 23.7 Å². The number of carbonyl (C=O) groups excluding carboxylic acids is 4. The highest BCUT2D eigenvalue weighted by Crippen LogP contribution is 2.53. The largest absolute Gasteiger partial charge is 0.508 e. The van der Waals surface area contributed by atoms with Crippen LogP contribution in [0.25, 0.3) is 6.08 Å². The molecule has 4 atom stereocenters. The number of imide groups is 1. The number of phenols is 2. The van der Waals surface area contributed by atoms with Crippen LogP contribution in [-0.2, 0) is 25.6 Å². The molecule has 2 aromatic carbocycles. The molecule has 2 N–H and O–H groups in total. The molecule has 0 saturated carbocycles. The van der Waals surface area contributed by atoms with E-state index in [1.807, 2.05) is 18.2 Å². The Balaban J connectivity index is 1.34. The van der Waals surface area contributed by atoms with Crippen molar-refractivity contribution >= 4 is 45.4 Å². The lowest BCUT2D eigenvalue weighted by atomic mass is 9.61. The summed E-state index contributed by atoms with van der Waals surface area (Å²) < 4.78 is 5.40. The Morgan fingerprint density at radius 2 is 1.79 bits per heavy atom. The van der Waals surface area contributed by atoms with E-state index in [1.165, 1.54) is 24.2 Å². The van der Waals surface area contributed by atoms with Crippen LogP contribution in [0.2, 0.25) is 0 Å². The topological polar surface area (TPSA) is 121 Å². The van der Waals surface area contributed by atoms with E-state index in [4.69, 9.17) is 4.74 Å². The van der Waals surface area contributed by atoms with Gasteiger partial charge in [0.15, 0.2) is 23.1 Å². The minimum atomic E-state index is -0.622. The lowest BCUT2D eigenvalue weighted by Crippen LogP contribution is -2.40. The summed E-state index contributed by atoms with van der Waals surface area (Å²) in [5.41, 5.74) is 3.26. The molecule has 0 radical (unpaired) electrons. The van der Waals surface area contributed by atoms with Crippen LogP contribution >= 0.6 is 15.9 Å². The van der Waals surface area contributed by atoms with Gasteiger partial charge in [-0.25, -0.2) is 0 Å². The number of fused-ring (bicyclic) bond motifs is 3. The number of benzene rings is 2. The normalized spacial score (nSPS) is 25.3. The monoisotopic (exact) mass is 629 g/mol. The smallest absolute Gasteiger partial charge is 0.233 e. The zero-order valence-corrected chi connectivity index (χ0v) is 24.3. The van der Waals surface area contributed by atoms with Gasteiger partial charge >= 0.3 is 0 Å². The van der Waals surface area contributed by atoms with Gasteiger partial charge in [0.05, 0.1) is 23.4 Å². The van der Waals surface area contributed by atoms with E-state index in [9.17, 15) is 29.4 Å². The second-order valence-electron chi connectivity index (χ2n) is 11.0. The molecule has 0 aromatic heterocycles. The van der Waals surface area contributed by atoms with Crippen LogP contribution < -0.4 is 4.74 Å². The Labute approximate surface area is 250 Å². The second kappa shape index (κ2) is 10.9. The summed E-state index contributed by atoms with van der Waals surface area (Å²) >= 11 is 3.24. The minimum Gasteiger partial charge on any atom is -0.508 e. The molecule has 4 aliphatic rings. The molecule has 8 nitrogen and oxygen atoms in total. The zero-order chi connectivity index (χ0) is 29.7. The predicted octanol–water partition coefficient (Wildman–Crippen LogP) is 4.66. The lowest BCUT2D eigenvalue weighted by molar-refractivity contribution is -0.140. The number of amides is 2. The Bertz CT molecular complexity index is 1650. The lowest BCUT2D eigenvalue weighted by Gasteiger charge is -2.41. The van der Waals surface area contributed by atoms with Crippen molar-refractivity contribution < 1.29 is 34.1 Å². The summed E-state index contributed by atoms with van der Waals surface area (Å²) in [7, 11) is 1.46. The van der Waals surface area contributed by atoms with Gasteiger partial charge < -0.3 is 14.9 Å². The SMILES string of the molecule is COc1cc(C=C[C@H]2C3=CC[C@@H]4C(=O)N(CCc5ccc(O)cc5)C(=O)[C@@H]4[C@@H]3CC3=C2C(=O)C=C(Br)C3=O)ccc1O. The van der Waals surface area contributed by atoms with Gasteiger partial charge in [0.25, 0.3) is 0 Å². The van der Waals surface area contributed by atoms with E-state index >= 15 is 0 Å². The number of methoxy groups -OCH3 is 1. The Kier molecular flexibility index (Phi) is 7.22. The molecule has 2 aromatic rings. The van der Waals surface area contributed by atoms with E-state index in [1.54, 1.807) is 36.4 Å². The van der Waals surface area contributed by atoms with Crippen LogP contribution in [0.1, 0.15) is 24.0 Å². The fourth-order valence-electron chi connectivity index (χ4n) is 6.68. The average molecular weight is 630 g/mol. The summed E-state index contributed by atoms with van der Waals surface area (Å²) in [5, 5.41) is 19.5. The first-order valence-electron chi connectivity index (χ1n) is 13.8. The van der Waals surface area contributed by atoms with Gasteiger partial charge in [-0.2, -0.15) is 0 Å². The fraction of sp³-hybridized carbons (Fsp3) is 0.273. The molecular formula is C33H28BrNO7. The zero-order valence-electron chi connectivity index (χ0n) is 22.7. The highest BCUT2D eigenvalue weighted by molar-refractivity contribution is 9.12. The number of likely N-dealkylation sites (tertiary alicyclic amines) is 1. The highest BCUT2D eigenvalue weighted by atomic mass is 79.9. The molecule has 3 aliphatic carbocycles. The highest BCUT2D eigenvalue weighted by Gasteiger charge is 2.55. The third-order valence-electron chi connectivity index (χ3n) is 8.72. The van der Waals surface area contributed by atoms with Crippen molar-refractivity contribution in [3.63, 3.8) is 0 Å². The number of nitrogens with zero attached hydrogens (tertiary/aromatic N) is 1. The van der Waals surface area contributed by atoms with Crippen molar-refractivity contribution in [3.05, 3.63) is 93.0 Å². The summed E-state index contributed by atoms with van der Waals surface area (Å²) in [6.45, 7) is 0.225. The summed E-state index contributed by atoms with van der Waals surface area (Å²) in [6, 6.07) is 11.6. The van der Waals surface area contributed by atoms with Gasteiger partial charge in [0.1, 0.15) is 5.75 Å². The summed E-state index contributed by atoms with van der Waals surface area (Å²) in [4.78, 5) is 55.2. The van der Waals surface area contributed by atoms with Crippen molar-refractivity contribution in [2.75, 3.05) is 13.7 Å². The molecule has 1 fully saturated rings. The number of allylic oxidation sites excluding steroid dienone is 7. The van der Waals surface area contributed by atoms with Crippen molar-refractivity contribution in [1.82, 2.24) is 4.90 Å². The van der Waals surface area contributed by atoms with Gasteiger partial charge in [0, 0.05) is 29.7 Å². The molecule has 9 heteroatoms. The van der Waals surface area contributed by atoms with Crippen molar-refractivity contribution in [3.8, 4) is 17.2 Å². The van der Waals surface area contributed by atoms with Crippen LogP contribution in [-0.4, -0.2) is 52.1 Å². The summed E-state index contributed by atoms with van der Waals surface area (Å²) in [5.74, 6) is -2.66. The van der Waals surface area contributed by atoms with Crippen LogP contribution in [0.4, 0.5) is 0 Å². The number of rotatable bonds is 6. The van der Waals surface area contributed by atoms with Crippen LogP contribution in [0, 0.1) is 23.7 Å². The van der Waals surface area contributed by atoms with Crippen LogP contribution in [0.5, 0.6) is 17.2 Å². The number of aromatic hydroxyl groups is 2. The number of hydrogen-bond donors (Lipinski definition) is 2. The van der Waals surface area contributed by atoms with Gasteiger partial charge in [-0.3, -0.25) is 24.1 Å². The molecule has 2 amide bonds. The standard InChI is InChI=1S/C33H28BrNO7/c1-42-28-14-18(5-11-26(28)37)4-8-21-20-9-10-22-30(23(20)15-24-29(21)27(38)16-25(34)31(24)39)33(41)35(32(22)40)13-12-17-2-6-19(36)7-3-17/h2-9,11,14,16,21-23,30,36-37H,10,12-13,15H2,1H3/t21-,22-,23+,30-/m0/s1. The van der Waals surface area contributed by atoms with Gasteiger partial charge in [-0.05, 0) is 76.5 Å². The first-order chi connectivity index (χ1) is 20.2. The Hall–Kier alpha value is -4.24. The van der Waals surface area contributed by atoms with E-state index in [0.717, 1.165) is 16.7 Å². The molecule has 0 bridgehead atoms. The number of Topliss-reactive ketones (excluding diaryl/α,β-unsaturated/α-hetero) is 1. The number of carbonyl (C=O) groups is 4. The van der Waals surface area contributed by atoms with Crippen LogP contribution in [0.3, 0.4) is 0 Å². The first kappa shape index (κ1) is 27.9. The molecule has 1 aliphatic heterocycles. The Morgan fingerprint density at radius 3 is 2.52 bits per heavy atom. The van der Waals surface area contributed by atoms with Crippen molar-refractivity contribution in [2.45, 2.75) is 19.3 Å². The number of ketones is 2. The number of halogens is 1. The quantitative estimate of drug-likeness (QED) is 0.271. The minimum absolute atomic E-state index is 0.000765. The van der Waals surface area contributed by atoms with Gasteiger partial charge in [-0.15, -0.1) is 0 Å². The third-order valence-corrected chi connectivity index (χ3v) is 9.30. The van der Waals surface area contributed by atoms with E-state index in [-0.39, 0.29) is 52.3 Å². The van der Waals surface area contributed by atoms with E-state index in [2.05, 4.69) is 15.9 Å². The predicted molar refractivity (Wildman–Crippen MR) is 158 cm³/mol. The van der Waals surface area contributed by atoms with Crippen molar-refractivity contribution in [2.24, 2.45) is 23.7 Å². The molecular weight excluding hydrogens is 602 g/mol. The Morgan fingerprint density at radius 1 is 1.02 bits per heavy atom. The molecule has 42 heavy (non-hydrogen) atoms.